The molecule has 6 heterocycles. The highest BCUT2D eigenvalue weighted by Crippen LogP contribution is 2.40. The van der Waals surface area contributed by atoms with Gasteiger partial charge in [0.2, 0.25) is 5.69 Å². The van der Waals surface area contributed by atoms with E-state index in [9.17, 15) is 13.2 Å². The molecule has 1 spiro atoms. The SMILES string of the molecule is Cc1cc2n(n1)C1(n3nc(C(F)(F)F)cc3-c3ccnc[n+]31)[n+]1ccc(C(C)(C)C)cc1-2. The van der Waals surface area contributed by atoms with Crippen molar-refractivity contribution in [2.45, 2.75) is 45.2 Å². The smallest absolute Gasteiger partial charge is 0.166 e. The summed E-state index contributed by atoms with van der Waals surface area (Å²) >= 11 is 0. The van der Waals surface area contributed by atoms with Crippen LogP contribution in [0, 0.1) is 6.92 Å². The van der Waals surface area contributed by atoms with Gasteiger partial charge in [0.25, 0.3) is 6.33 Å². The number of aryl methyl sites for hydroxylation is 1. The maximum atomic E-state index is 13.6. The number of pyridine rings is 1. The molecule has 1 atom stereocenters. The molecule has 6 rings (SSSR count). The van der Waals surface area contributed by atoms with Crippen LogP contribution in [0.5, 0.6) is 0 Å². The largest absolute Gasteiger partial charge is 0.525 e. The molecular formula is C22H20F3N7+2. The van der Waals surface area contributed by atoms with E-state index in [1.807, 2.05) is 34.4 Å². The fourth-order valence-electron chi connectivity index (χ4n) is 4.69. The van der Waals surface area contributed by atoms with E-state index >= 15 is 0 Å². The molecule has 4 aromatic heterocycles. The summed E-state index contributed by atoms with van der Waals surface area (Å²) < 4.78 is 47.8. The Morgan fingerprint density at radius 1 is 0.906 bits per heavy atom. The van der Waals surface area contributed by atoms with Gasteiger partial charge in [0.05, 0.1) is 5.69 Å². The molecule has 0 aromatic carbocycles. The van der Waals surface area contributed by atoms with Crippen molar-refractivity contribution in [3.05, 3.63) is 66.0 Å². The van der Waals surface area contributed by atoms with Crippen LogP contribution in [0.15, 0.2) is 49.1 Å². The summed E-state index contributed by atoms with van der Waals surface area (Å²) in [6, 6.07) is 8.78. The minimum Gasteiger partial charge on any atom is -0.166 e. The third kappa shape index (κ3) is 2.19. The molecule has 0 amide bonds. The second kappa shape index (κ2) is 5.62. The van der Waals surface area contributed by atoms with Gasteiger partial charge in [0.1, 0.15) is 17.6 Å². The number of nitrogens with zero attached hydrogens (tertiary/aromatic N) is 7. The van der Waals surface area contributed by atoms with E-state index in [4.69, 9.17) is 5.10 Å². The zero-order chi connectivity index (χ0) is 22.6. The molecule has 162 valence electrons. The Labute approximate surface area is 181 Å². The number of hydrogen-bond acceptors (Lipinski definition) is 3. The van der Waals surface area contributed by atoms with E-state index in [2.05, 4.69) is 36.9 Å². The summed E-state index contributed by atoms with van der Waals surface area (Å²) in [5, 5.41) is 8.76. The van der Waals surface area contributed by atoms with Crippen molar-refractivity contribution in [1.29, 1.82) is 0 Å². The quantitative estimate of drug-likeness (QED) is 0.342. The Hall–Kier alpha value is -3.56. The Balaban J connectivity index is 1.76. The van der Waals surface area contributed by atoms with Crippen molar-refractivity contribution in [1.82, 2.24) is 24.5 Å². The Morgan fingerprint density at radius 2 is 1.62 bits per heavy atom. The van der Waals surface area contributed by atoms with Crippen LogP contribution in [0.25, 0.3) is 22.8 Å². The lowest BCUT2D eigenvalue weighted by atomic mass is 9.87. The molecule has 0 radical (unpaired) electrons. The first kappa shape index (κ1) is 19.1. The molecule has 2 aliphatic heterocycles. The first-order valence-corrected chi connectivity index (χ1v) is 10.2. The Bertz CT molecular complexity index is 1420. The molecule has 4 aromatic rings. The van der Waals surface area contributed by atoms with Gasteiger partial charge in [-0.2, -0.15) is 23.4 Å². The summed E-state index contributed by atoms with van der Waals surface area (Å²) in [5.74, 6) is -1.32. The van der Waals surface area contributed by atoms with Gasteiger partial charge >= 0.3 is 12.1 Å². The van der Waals surface area contributed by atoms with Crippen LogP contribution in [0.2, 0.25) is 0 Å². The lowest BCUT2D eigenvalue weighted by Gasteiger charge is -2.21. The topological polar surface area (TPSA) is 56.3 Å². The molecule has 0 bridgehead atoms. The van der Waals surface area contributed by atoms with Crippen LogP contribution in [-0.2, 0) is 17.5 Å². The number of hydrogen-bond donors (Lipinski definition) is 0. The van der Waals surface area contributed by atoms with Crippen LogP contribution >= 0.6 is 0 Å². The van der Waals surface area contributed by atoms with Gasteiger partial charge < -0.3 is 0 Å². The third-order valence-electron chi connectivity index (χ3n) is 6.15. The average Bonchev–Trinajstić information content (AvgIpc) is 3.42. The molecule has 1 unspecified atom stereocenters. The van der Waals surface area contributed by atoms with Crippen molar-refractivity contribution in [3.8, 4) is 22.8 Å². The van der Waals surface area contributed by atoms with Gasteiger partial charge in [-0.15, -0.1) is 18.5 Å². The summed E-state index contributed by atoms with van der Waals surface area (Å²) in [5.41, 5.74) is 3.38. The number of halogens is 3. The third-order valence-corrected chi connectivity index (χ3v) is 6.15. The second-order valence-electron chi connectivity index (χ2n) is 9.26. The molecule has 7 nitrogen and oxygen atoms in total. The highest BCUT2D eigenvalue weighted by Gasteiger charge is 2.67. The first-order valence-electron chi connectivity index (χ1n) is 10.2. The number of aromatic nitrogens is 7. The van der Waals surface area contributed by atoms with Crippen LogP contribution in [0.3, 0.4) is 0 Å². The summed E-state index contributed by atoms with van der Waals surface area (Å²) in [6.45, 7) is 8.23. The van der Waals surface area contributed by atoms with Gasteiger partial charge in [-0.25, -0.2) is 0 Å². The Morgan fingerprint density at radius 3 is 2.34 bits per heavy atom. The molecule has 0 N–H and O–H groups in total. The van der Waals surface area contributed by atoms with E-state index in [0.29, 0.717) is 11.4 Å². The van der Waals surface area contributed by atoms with Crippen molar-refractivity contribution >= 4 is 0 Å². The van der Waals surface area contributed by atoms with Gasteiger partial charge in [0, 0.05) is 24.3 Å². The van der Waals surface area contributed by atoms with Gasteiger partial charge in [0.15, 0.2) is 17.6 Å². The predicted octanol–water partition coefficient (Wildman–Crippen LogP) is 2.85. The fraction of sp³-hybridized carbons (Fsp3) is 0.318. The summed E-state index contributed by atoms with van der Waals surface area (Å²) in [7, 11) is 0. The fourth-order valence-corrected chi connectivity index (χ4v) is 4.69. The molecule has 0 aliphatic carbocycles. The van der Waals surface area contributed by atoms with E-state index < -0.39 is 17.8 Å². The number of fused-ring (bicyclic) bond motifs is 10. The number of alkyl halides is 3. The molecule has 10 heteroatoms. The summed E-state index contributed by atoms with van der Waals surface area (Å²) in [6.07, 6.45) is 0.501. The second-order valence-corrected chi connectivity index (χ2v) is 9.26. The highest BCUT2D eigenvalue weighted by molar-refractivity contribution is 5.58. The molecule has 0 fully saturated rings. The van der Waals surface area contributed by atoms with Crippen molar-refractivity contribution < 1.29 is 22.3 Å². The van der Waals surface area contributed by atoms with E-state index in [1.54, 1.807) is 23.3 Å². The molecule has 0 saturated heterocycles. The molecular weight excluding hydrogens is 419 g/mol. The standard InChI is InChI=1S/C22H20F3N7/c1-13-9-17-16-10-14(20(2,3)4)6-8-29(16)22(31(17)27-13)30-12-26-7-5-15(30)18-11-19(21(23,24)25)28-32(18)22/h5-12H,1-4H3/q+2. The molecule has 2 aliphatic rings. The minimum atomic E-state index is -4.57. The van der Waals surface area contributed by atoms with E-state index in [1.165, 1.54) is 4.68 Å². The van der Waals surface area contributed by atoms with Gasteiger partial charge in [-0.05, 0) is 24.0 Å². The van der Waals surface area contributed by atoms with Crippen molar-refractivity contribution in [2.75, 3.05) is 0 Å². The normalized spacial score (nSPS) is 18.6. The van der Waals surface area contributed by atoms with Crippen LogP contribution in [0.1, 0.15) is 37.7 Å². The molecule has 32 heavy (non-hydrogen) atoms. The molecule has 0 saturated carbocycles. The highest BCUT2D eigenvalue weighted by atomic mass is 19.4. The van der Waals surface area contributed by atoms with Crippen molar-refractivity contribution in [3.63, 3.8) is 0 Å². The van der Waals surface area contributed by atoms with Gasteiger partial charge in [-0.1, -0.05) is 25.8 Å². The first-order chi connectivity index (χ1) is 15.0. The lowest BCUT2D eigenvalue weighted by molar-refractivity contribution is -0.991. The zero-order valence-electron chi connectivity index (χ0n) is 17.9. The van der Waals surface area contributed by atoms with Crippen molar-refractivity contribution in [2.24, 2.45) is 0 Å². The predicted molar refractivity (Wildman–Crippen MR) is 106 cm³/mol. The lowest BCUT2D eigenvalue weighted by Crippen LogP contribution is -2.77. The maximum Gasteiger partial charge on any atom is 0.525 e. The van der Waals surface area contributed by atoms with Crippen LogP contribution in [-0.4, -0.2) is 24.5 Å². The van der Waals surface area contributed by atoms with Crippen LogP contribution in [0.4, 0.5) is 13.2 Å². The number of rotatable bonds is 0. The van der Waals surface area contributed by atoms with Gasteiger partial charge in [-0.3, -0.25) is 0 Å². The monoisotopic (exact) mass is 439 g/mol. The average molecular weight is 439 g/mol. The van der Waals surface area contributed by atoms with E-state index in [0.717, 1.165) is 28.7 Å². The van der Waals surface area contributed by atoms with E-state index in [-0.39, 0.29) is 5.41 Å². The summed E-state index contributed by atoms with van der Waals surface area (Å²) in [4.78, 5) is 4.26. The van der Waals surface area contributed by atoms with Crippen LogP contribution < -0.4 is 9.13 Å². The zero-order valence-corrected chi connectivity index (χ0v) is 17.9. The maximum absolute atomic E-state index is 13.6. The Kier molecular flexibility index (Phi) is 3.36. The minimum absolute atomic E-state index is 0.103.